The van der Waals surface area contributed by atoms with Crippen LogP contribution in [0.15, 0.2) is 52.2 Å². The fraction of sp³-hybridized carbons (Fsp3) is 0. The smallest absolute Gasteiger partial charge is 0.335 e. The Kier molecular flexibility index (Phi) is 2.35. The van der Waals surface area contributed by atoms with Gasteiger partial charge in [0, 0.05) is 23.3 Å². The number of hydrogen-bond acceptors (Lipinski definition) is 3. The minimum Gasteiger partial charge on any atom is -0.478 e. The van der Waals surface area contributed by atoms with E-state index in [9.17, 15) is 4.79 Å². The molecule has 21 heavy (non-hydrogen) atoms. The number of furan rings is 1. The quantitative estimate of drug-likeness (QED) is 0.741. The Labute approximate surface area is 119 Å². The highest BCUT2D eigenvalue weighted by Crippen LogP contribution is 2.32. The molecule has 0 aliphatic carbocycles. The average Bonchev–Trinajstić information content (AvgIpc) is 3.04. The number of nitrogens with zero attached hydrogens (tertiary/aromatic N) is 2. The van der Waals surface area contributed by atoms with Crippen molar-refractivity contribution in [3.63, 3.8) is 0 Å². The molecule has 0 amide bonds. The average molecular weight is 278 g/mol. The maximum Gasteiger partial charge on any atom is 0.335 e. The SMILES string of the molecule is O=C(O)c1ccc2cc3n(c2c1)/C=C\N=C/c1occc1-3. The molecule has 0 saturated carbocycles. The van der Waals surface area contributed by atoms with E-state index in [2.05, 4.69) is 4.99 Å². The number of fused-ring (bicyclic) bond motifs is 5. The first-order chi connectivity index (χ1) is 10.2. The van der Waals surface area contributed by atoms with Gasteiger partial charge >= 0.3 is 5.97 Å². The Morgan fingerprint density at radius 3 is 3.00 bits per heavy atom. The number of hydrogen-bond donors (Lipinski definition) is 1. The maximum absolute atomic E-state index is 11.1. The molecule has 3 aromatic rings. The largest absolute Gasteiger partial charge is 0.478 e. The van der Waals surface area contributed by atoms with Crippen molar-refractivity contribution in [3.05, 3.63) is 54.1 Å². The Bertz CT molecular complexity index is 928. The monoisotopic (exact) mass is 278 g/mol. The molecule has 102 valence electrons. The normalized spacial score (nSPS) is 15.8. The number of aromatic carboxylic acids is 1. The van der Waals surface area contributed by atoms with Crippen molar-refractivity contribution < 1.29 is 14.3 Å². The van der Waals surface area contributed by atoms with Gasteiger partial charge < -0.3 is 14.1 Å². The lowest BCUT2D eigenvalue weighted by Crippen LogP contribution is -1.97. The minimum atomic E-state index is -0.940. The first-order valence-electron chi connectivity index (χ1n) is 6.40. The first-order valence-corrected chi connectivity index (χ1v) is 6.40. The molecule has 0 atom stereocenters. The Balaban J connectivity index is 2.07. The molecule has 0 fully saturated rings. The van der Waals surface area contributed by atoms with E-state index in [-0.39, 0.29) is 5.56 Å². The third-order valence-electron chi connectivity index (χ3n) is 3.55. The van der Waals surface area contributed by atoms with E-state index >= 15 is 0 Å². The standard InChI is InChI=1S/C16H10N2O3/c19-16(20)11-2-1-10-7-14-12-3-6-21-15(12)9-17-4-5-18(14)13(10)8-11/h1-9H,(H,19,20)/b5-4-,17-9-. The van der Waals surface area contributed by atoms with Crippen LogP contribution in [0.1, 0.15) is 16.1 Å². The third kappa shape index (κ3) is 1.71. The molecule has 2 aromatic heterocycles. The van der Waals surface area contributed by atoms with Gasteiger partial charge in [-0.15, -0.1) is 0 Å². The van der Waals surface area contributed by atoms with Crippen LogP contribution >= 0.6 is 0 Å². The fourth-order valence-electron chi connectivity index (χ4n) is 2.57. The Hall–Kier alpha value is -3.08. The molecule has 0 radical (unpaired) electrons. The van der Waals surface area contributed by atoms with Gasteiger partial charge in [0.05, 0.1) is 29.3 Å². The molecule has 5 nitrogen and oxygen atoms in total. The lowest BCUT2D eigenvalue weighted by atomic mass is 10.1. The first kappa shape index (κ1) is 11.7. The molecule has 0 saturated heterocycles. The molecule has 0 bridgehead atoms. The topological polar surface area (TPSA) is 67.7 Å². The number of rotatable bonds is 1. The minimum absolute atomic E-state index is 0.259. The van der Waals surface area contributed by atoms with Crippen LogP contribution in [0.25, 0.3) is 28.4 Å². The summed E-state index contributed by atoms with van der Waals surface area (Å²) in [6, 6.07) is 8.97. The summed E-state index contributed by atoms with van der Waals surface area (Å²) in [7, 11) is 0. The van der Waals surface area contributed by atoms with Crippen molar-refractivity contribution in [2.24, 2.45) is 4.99 Å². The third-order valence-corrected chi connectivity index (χ3v) is 3.55. The maximum atomic E-state index is 11.1. The Morgan fingerprint density at radius 2 is 2.14 bits per heavy atom. The number of carboxylic acid groups (broad SMARTS) is 1. The van der Waals surface area contributed by atoms with E-state index in [1.807, 2.05) is 29.0 Å². The zero-order valence-electron chi connectivity index (χ0n) is 10.9. The lowest BCUT2D eigenvalue weighted by molar-refractivity contribution is 0.0697. The van der Waals surface area contributed by atoms with Crippen molar-refractivity contribution >= 4 is 29.3 Å². The van der Waals surface area contributed by atoms with Gasteiger partial charge in [-0.2, -0.15) is 0 Å². The van der Waals surface area contributed by atoms with Gasteiger partial charge in [0.2, 0.25) is 0 Å². The second-order valence-electron chi connectivity index (χ2n) is 4.75. The van der Waals surface area contributed by atoms with Crippen LogP contribution in [0, 0.1) is 0 Å². The number of benzene rings is 1. The van der Waals surface area contributed by atoms with E-state index < -0.39 is 5.97 Å². The summed E-state index contributed by atoms with van der Waals surface area (Å²) in [5.41, 5.74) is 2.95. The van der Waals surface area contributed by atoms with Crippen LogP contribution in [-0.2, 0) is 0 Å². The van der Waals surface area contributed by atoms with Gasteiger partial charge in [-0.05, 0) is 24.3 Å². The zero-order chi connectivity index (χ0) is 14.4. The molecular formula is C16H10N2O3. The molecule has 1 N–H and O–H groups in total. The van der Waals surface area contributed by atoms with Gasteiger partial charge in [0.25, 0.3) is 0 Å². The lowest BCUT2D eigenvalue weighted by Gasteiger charge is -2.06. The van der Waals surface area contributed by atoms with E-state index in [1.165, 1.54) is 0 Å². The van der Waals surface area contributed by atoms with Crippen molar-refractivity contribution in [1.29, 1.82) is 0 Å². The number of carboxylic acids is 1. The highest BCUT2D eigenvalue weighted by molar-refractivity contribution is 5.98. The van der Waals surface area contributed by atoms with Gasteiger partial charge in [0.1, 0.15) is 0 Å². The summed E-state index contributed by atoms with van der Waals surface area (Å²) < 4.78 is 7.34. The molecule has 0 unspecified atom stereocenters. The van der Waals surface area contributed by atoms with E-state index in [4.69, 9.17) is 9.52 Å². The molecule has 0 spiro atoms. The molecule has 1 aromatic carbocycles. The Morgan fingerprint density at radius 1 is 1.24 bits per heavy atom. The molecule has 5 heteroatoms. The van der Waals surface area contributed by atoms with Crippen LogP contribution in [0.4, 0.5) is 0 Å². The summed E-state index contributed by atoms with van der Waals surface area (Å²) in [4.78, 5) is 15.3. The van der Waals surface area contributed by atoms with Crippen LogP contribution in [0.5, 0.6) is 0 Å². The predicted octanol–water partition coefficient (Wildman–Crippen LogP) is 3.46. The van der Waals surface area contributed by atoms with Crippen molar-refractivity contribution in [3.8, 4) is 11.3 Å². The molecule has 4 rings (SSSR count). The summed E-state index contributed by atoms with van der Waals surface area (Å²) in [6.45, 7) is 0. The zero-order valence-corrected chi connectivity index (χ0v) is 10.9. The van der Waals surface area contributed by atoms with Crippen LogP contribution in [0.2, 0.25) is 0 Å². The van der Waals surface area contributed by atoms with Gasteiger partial charge in [-0.3, -0.25) is 4.99 Å². The van der Waals surface area contributed by atoms with E-state index in [1.54, 1.807) is 30.8 Å². The molecular weight excluding hydrogens is 268 g/mol. The number of aromatic nitrogens is 1. The molecule has 1 aliphatic rings. The van der Waals surface area contributed by atoms with Crippen molar-refractivity contribution in [2.75, 3.05) is 0 Å². The number of carbonyl (C=O) groups is 1. The molecule has 1 aliphatic heterocycles. The number of aliphatic imine (C=N–C) groups is 1. The fourth-order valence-corrected chi connectivity index (χ4v) is 2.57. The summed E-state index contributed by atoms with van der Waals surface area (Å²) in [6.07, 6.45) is 6.75. The second-order valence-corrected chi connectivity index (χ2v) is 4.75. The van der Waals surface area contributed by atoms with Crippen LogP contribution < -0.4 is 0 Å². The predicted molar refractivity (Wildman–Crippen MR) is 79.5 cm³/mol. The summed E-state index contributed by atoms with van der Waals surface area (Å²) in [5, 5.41) is 10.1. The van der Waals surface area contributed by atoms with E-state index in [0.29, 0.717) is 5.76 Å². The highest BCUT2D eigenvalue weighted by atomic mass is 16.4. The van der Waals surface area contributed by atoms with Gasteiger partial charge in [0.15, 0.2) is 5.76 Å². The summed E-state index contributed by atoms with van der Waals surface area (Å²) in [5.74, 6) is -0.258. The van der Waals surface area contributed by atoms with E-state index in [0.717, 1.165) is 22.2 Å². The molecule has 3 heterocycles. The van der Waals surface area contributed by atoms with Gasteiger partial charge in [-0.25, -0.2) is 4.79 Å². The van der Waals surface area contributed by atoms with Crippen LogP contribution in [-0.4, -0.2) is 21.9 Å². The van der Waals surface area contributed by atoms with Crippen molar-refractivity contribution in [1.82, 2.24) is 4.57 Å². The van der Waals surface area contributed by atoms with Gasteiger partial charge in [-0.1, -0.05) is 6.07 Å². The second kappa shape index (κ2) is 4.21. The van der Waals surface area contributed by atoms with Crippen molar-refractivity contribution in [2.45, 2.75) is 0 Å². The highest BCUT2D eigenvalue weighted by Gasteiger charge is 2.16. The van der Waals surface area contributed by atoms with Crippen LogP contribution in [0.3, 0.4) is 0 Å². The summed E-state index contributed by atoms with van der Waals surface area (Å²) >= 11 is 0.